The summed E-state index contributed by atoms with van der Waals surface area (Å²) in [5.41, 5.74) is 5.57. The van der Waals surface area contributed by atoms with E-state index in [-0.39, 0.29) is 11.5 Å². The third-order valence-corrected chi connectivity index (χ3v) is 1.62. The van der Waals surface area contributed by atoms with Gasteiger partial charge in [0.15, 0.2) is 11.5 Å². The molecule has 1 rings (SSSR count). The van der Waals surface area contributed by atoms with Crippen molar-refractivity contribution in [2.45, 2.75) is 0 Å². The van der Waals surface area contributed by atoms with Gasteiger partial charge in [-0.15, -0.1) is 0 Å². The Bertz CT molecular complexity index is 351. The third kappa shape index (κ3) is 1.90. The lowest BCUT2D eigenvalue weighted by Crippen LogP contribution is -2.15. The van der Waals surface area contributed by atoms with Gasteiger partial charge in [-0.3, -0.25) is 0 Å². The average Bonchev–Trinajstić information content (AvgIpc) is 2.16. The molecule has 0 saturated heterocycles. The summed E-state index contributed by atoms with van der Waals surface area (Å²) in [6, 6.07) is 0. The van der Waals surface area contributed by atoms with Crippen LogP contribution < -0.4 is 10.6 Å². The van der Waals surface area contributed by atoms with Crippen LogP contribution in [-0.2, 0) is 4.74 Å². The van der Waals surface area contributed by atoms with E-state index in [1.54, 1.807) is 19.0 Å². The van der Waals surface area contributed by atoms with Gasteiger partial charge in [-0.1, -0.05) is 0 Å². The highest BCUT2D eigenvalue weighted by Gasteiger charge is 2.13. The highest BCUT2D eigenvalue weighted by molar-refractivity contribution is 5.91. The summed E-state index contributed by atoms with van der Waals surface area (Å²) in [5, 5.41) is 0. The molecule has 0 aliphatic carbocycles. The van der Waals surface area contributed by atoms with Crippen LogP contribution in [0.5, 0.6) is 0 Å². The van der Waals surface area contributed by atoms with Crippen LogP contribution in [0.25, 0.3) is 0 Å². The van der Waals surface area contributed by atoms with E-state index in [0.29, 0.717) is 5.82 Å². The Balaban J connectivity index is 3.07. The fraction of sp³-hybridized carbons (Fsp3) is 0.375. The number of carbonyl (C=O) groups is 1. The molecule has 76 valence electrons. The van der Waals surface area contributed by atoms with Gasteiger partial charge >= 0.3 is 5.97 Å². The standard InChI is InChI=1S/C8H12N4O2/c1-12(2)5-4-10-6(7(9)11-5)8(13)14-3/h4H,1-3H3,(H2,9,11). The van der Waals surface area contributed by atoms with Crippen molar-refractivity contribution >= 4 is 17.6 Å². The number of nitrogens with two attached hydrogens (primary N) is 1. The number of carbonyl (C=O) groups excluding carboxylic acids is 1. The van der Waals surface area contributed by atoms with Crippen molar-refractivity contribution in [3.05, 3.63) is 11.9 Å². The summed E-state index contributed by atoms with van der Waals surface area (Å²) < 4.78 is 4.48. The van der Waals surface area contributed by atoms with Crippen LogP contribution in [0.1, 0.15) is 10.5 Å². The number of hydrogen-bond donors (Lipinski definition) is 1. The Morgan fingerprint density at radius 2 is 2.21 bits per heavy atom. The Kier molecular flexibility index (Phi) is 2.85. The van der Waals surface area contributed by atoms with E-state index in [0.717, 1.165) is 0 Å². The minimum absolute atomic E-state index is 0.0399. The van der Waals surface area contributed by atoms with Gasteiger partial charge in [-0.2, -0.15) is 0 Å². The Labute approximate surface area is 81.7 Å². The van der Waals surface area contributed by atoms with E-state index in [9.17, 15) is 4.79 Å². The zero-order valence-corrected chi connectivity index (χ0v) is 8.31. The summed E-state index contributed by atoms with van der Waals surface area (Å²) in [5.74, 6) is 0.0820. The topological polar surface area (TPSA) is 81.3 Å². The Morgan fingerprint density at radius 1 is 1.57 bits per heavy atom. The van der Waals surface area contributed by atoms with Gasteiger partial charge in [0, 0.05) is 14.1 Å². The molecule has 1 heterocycles. The van der Waals surface area contributed by atoms with Crippen molar-refractivity contribution in [1.82, 2.24) is 9.97 Å². The van der Waals surface area contributed by atoms with Crippen LogP contribution in [0.4, 0.5) is 11.6 Å². The second-order valence-corrected chi connectivity index (χ2v) is 2.85. The van der Waals surface area contributed by atoms with Crippen LogP contribution >= 0.6 is 0 Å². The van der Waals surface area contributed by atoms with Gasteiger partial charge in [0.1, 0.15) is 5.82 Å². The molecule has 0 saturated carbocycles. The first-order valence-electron chi connectivity index (χ1n) is 3.94. The molecule has 2 N–H and O–H groups in total. The molecule has 6 nitrogen and oxygen atoms in total. The predicted octanol–water partition coefficient (Wildman–Crippen LogP) is -0.0886. The maximum absolute atomic E-state index is 11.1. The molecule has 0 spiro atoms. The van der Waals surface area contributed by atoms with E-state index in [4.69, 9.17) is 5.73 Å². The van der Waals surface area contributed by atoms with E-state index >= 15 is 0 Å². The van der Waals surface area contributed by atoms with Crippen molar-refractivity contribution in [1.29, 1.82) is 0 Å². The number of anilines is 2. The third-order valence-electron chi connectivity index (χ3n) is 1.62. The number of aromatic nitrogens is 2. The molecule has 14 heavy (non-hydrogen) atoms. The quantitative estimate of drug-likeness (QED) is 0.666. The lowest BCUT2D eigenvalue weighted by Gasteiger charge is -2.11. The molecule has 0 atom stereocenters. The predicted molar refractivity (Wildman–Crippen MR) is 52.1 cm³/mol. The molecule has 6 heteroatoms. The summed E-state index contributed by atoms with van der Waals surface area (Å²) in [7, 11) is 4.88. The Morgan fingerprint density at radius 3 is 2.64 bits per heavy atom. The minimum atomic E-state index is -0.583. The van der Waals surface area contributed by atoms with E-state index in [2.05, 4.69) is 14.7 Å². The molecule has 0 aliphatic rings. The van der Waals surface area contributed by atoms with Crippen LogP contribution in [0.15, 0.2) is 6.20 Å². The first-order chi connectivity index (χ1) is 6.56. The van der Waals surface area contributed by atoms with E-state index in [1.807, 2.05) is 0 Å². The van der Waals surface area contributed by atoms with Gasteiger partial charge in [0.2, 0.25) is 0 Å². The second-order valence-electron chi connectivity index (χ2n) is 2.85. The maximum atomic E-state index is 11.1. The smallest absolute Gasteiger partial charge is 0.360 e. The van der Waals surface area contributed by atoms with E-state index < -0.39 is 5.97 Å². The number of methoxy groups -OCH3 is 1. The van der Waals surface area contributed by atoms with Crippen LogP contribution in [0, 0.1) is 0 Å². The average molecular weight is 196 g/mol. The van der Waals surface area contributed by atoms with Crippen molar-refractivity contribution in [2.24, 2.45) is 0 Å². The van der Waals surface area contributed by atoms with Crippen LogP contribution in [0.2, 0.25) is 0 Å². The zero-order chi connectivity index (χ0) is 10.7. The number of nitrogens with zero attached hydrogens (tertiary/aromatic N) is 3. The van der Waals surface area contributed by atoms with E-state index in [1.165, 1.54) is 13.3 Å². The molecule has 0 aromatic carbocycles. The first kappa shape index (κ1) is 10.2. The summed E-state index contributed by atoms with van der Waals surface area (Å²) in [4.78, 5) is 20.7. The largest absolute Gasteiger partial charge is 0.464 e. The first-order valence-corrected chi connectivity index (χ1v) is 3.94. The van der Waals surface area contributed by atoms with Crippen LogP contribution in [0.3, 0.4) is 0 Å². The number of rotatable bonds is 2. The van der Waals surface area contributed by atoms with Gasteiger partial charge in [-0.25, -0.2) is 14.8 Å². The molecular formula is C8H12N4O2. The number of nitrogen functional groups attached to an aromatic ring is 1. The highest BCUT2D eigenvalue weighted by Crippen LogP contribution is 2.12. The van der Waals surface area contributed by atoms with Gasteiger partial charge in [0.25, 0.3) is 0 Å². The van der Waals surface area contributed by atoms with Gasteiger partial charge < -0.3 is 15.4 Å². The molecule has 1 aromatic heterocycles. The van der Waals surface area contributed by atoms with Crippen molar-refractivity contribution < 1.29 is 9.53 Å². The molecule has 0 fully saturated rings. The molecule has 0 aliphatic heterocycles. The van der Waals surface area contributed by atoms with Crippen molar-refractivity contribution in [3.8, 4) is 0 Å². The minimum Gasteiger partial charge on any atom is -0.464 e. The molecular weight excluding hydrogens is 184 g/mol. The van der Waals surface area contributed by atoms with Gasteiger partial charge in [-0.05, 0) is 0 Å². The molecule has 0 unspecified atom stereocenters. The number of ether oxygens (including phenoxy) is 1. The second kappa shape index (κ2) is 3.91. The fourth-order valence-corrected chi connectivity index (χ4v) is 0.863. The SMILES string of the molecule is COC(=O)c1ncc(N(C)C)nc1N. The Hall–Kier alpha value is -1.85. The molecule has 0 amide bonds. The normalized spacial score (nSPS) is 9.64. The number of hydrogen-bond acceptors (Lipinski definition) is 6. The maximum Gasteiger partial charge on any atom is 0.360 e. The van der Waals surface area contributed by atoms with Crippen molar-refractivity contribution in [2.75, 3.05) is 31.8 Å². The summed E-state index contributed by atoms with van der Waals surface area (Å²) in [6.07, 6.45) is 1.46. The lowest BCUT2D eigenvalue weighted by atomic mass is 10.4. The fourth-order valence-electron chi connectivity index (χ4n) is 0.863. The lowest BCUT2D eigenvalue weighted by molar-refractivity contribution is 0.0595. The molecule has 1 aromatic rings. The molecule has 0 radical (unpaired) electrons. The zero-order valence-electron chi connectivity index (χ0n) is 8.31. The van der Waals surface area contributed by atoms with Gasteiger partial charge in [0.05, 0.1) is 13.3 Å². The summed E-state index contributed by atoms with van der Waals surface area (Å²) in [6.45, 7) is 0. The summed E-state index contributed by atoms with van der Waals surface area (Å²) >= 11 is 0. The van der Waals surface area contributed by atoms with Crippen molar-refractivity contribution in [3.63, 3.8) is 0 Å². The number of esters is 1. The monoisotopic (exact) mass is 196 g/mol. The van der Waals surface area contributed by atoms with Crippen LogP contribution in [-0.4, -0.2) is 37.1 Å². The molecule has 0 bridgehead atoms. The highest BCUT2D eigenvalue weighted by atomic mass is 16.5.